The summed E-state index contributed by atoms with van der Waals surface area (Å²) in [5.41, 5.74) is 4.60. The number of rotatable bonds is 8. The molecule has 1 amide bonds. The quantitative estimate of drug-likeness (QED) is 0.188. The van der Waals surface area contributed by atoms with E-state index in [1.807, 2.05) is 79.2 Å². The summed E-state index contributed by atoms with van der Waals surface area (Å²) in [6.07, 6.45) is 4.23. The minimum absolute atomic E-state index is 0.158. The maximum Gasteiger partial charge on any atom is 0.285 e. The van der Waals surface area contributed by atoms with Crippen LogP contribution in [0.3, 0.4) is 0 Å². The van der Waals surface area contributed by atoms with Crippen LogP contribution >= 0.6 is 35.6 Å². The molecule has 1 fully saturated rings. The first-order valence-electron chi connectivity index (χ1n) is 10.9. The smallest absolute Gasteiger partial charge is 0.285 e. The summed E-state index contributed by atoms with van der Waals surface area (Å²) in [5.74, 6) is 1.07. The summed E-state index contributed by atoms with van der Waals surface area (Å²) in [4.78, 5) is 13.8. The van der Waals surface area contributed by atoms with E-state index in [1.54, 1.807) is 12.1 Å². The van der Waals surface area contributed by atoms with Crippen LogP contribution in [0.15, 0.2) is 66.1 Å². The van der Waals surface area contributed by atoms with Crippen LogP contribution in [0.25, 0.3) is 6.08 Å². The number of carbonyl (C=O) groups is 1. The number of thiocarbonyl (C=S) groups is 1. The molecule has 0 unspecified atom stereocenters. The largest absolute Gasteiger partial charge is 0.493 e. The number of halogens is 1. The fraction of sp³-hybridized carbons (Fsp3) is 0.185. The molecule has 3 aromatic rings. The van der Waals surface area contributed by atoms with E-state index in [0.717, 1.165) is 28.1 Å². The van der Waals surface area contributed by atoms with E-state index >= 15 is 0 Å². The van der Waals surface area contributed by atoms with Gasteiger partial charge >= 0.3 is 0 Å². The van der Waals surface area contributed by atoms with E-state index in [2.05, 4.69) is 6.58 Å². The normalized spacial score (nSPS) is 14.6. The van der Waals surface area contributed by atoms with Crippen molar-refractivity contribution in [2.24, 2.45) is 0 Å². The van der Waals surface area contributed by atoms with Crippen LogP contribution in [0.4, 0.5) is 0 Å². The van der Waals surface area contributed by atoms with Crippen molar-refractivity contribution in [2.75, 3.05) is 12.1 Å². The minimum atomic E-state index is -0.158. The van der Waals surface area contributed by atoms with Crippen LogP contribution < -0.4 is 14.5 Å². The van der Waals surface area contributed by atoms with Crippen molar-refractivity contribution in [1.29, 1.82) is 0 Å². The van der Waals surface area contributed by atoms with Crippen molar-refractivity contribution in [2.45, 2.75) is 26.9 Å². The van der Waals surface area contributed by atoms with Gasteiger partial charge in [0.15, 0.2) is 15.8 Å². The molecule has 0 aliphatic carbocycles. The maximum absolute atomic E-state index is 13.3. The predicted octanol–water partition coefficient (Wildman–Crippen LogP) is 6.61. The van der Waals surface area contributed by atoms with Gasteiger partial charge in [-0.2, -0.15) is 5.01 Å². The van der Waals surface area contributed by atoms with E-state index in [4.69, 9.17) is 33.3 Å². The van der Waals surface area contributed by atoms with Gasteiger partial charge in [-0.15, -0.1) is 6.58 Å². The van der Waals surface area contributed by atoms with Gasteiger partial charge in [0, 0.05) is 22.0 Å². The molecule has 0 N–H and O–H groups in total. The van der Waals surface area contributed by atoms with Crippen LogP contribution in [0, 0.1) is 13.8 Å². The summed E-state index contributed by atoms with van der Waals surface area (Å²) >= 11 is 12.8. The van der Waals surface area contributed by atoms with Crippen LogP contribution in [0.1, 0.15) is 28.1 Å². The van der Waals surface area contributed by atoms with Crippen LogP contribution in [-0.2, 0) is 17.8 Å². The van der Waals surface area contributed by atoms with Gasteiger partial charge < -0.3 is 9.47 Å². The zero-order valence-corrected chi connectivity index (χ0v) is 22.1. The number of carbonyl (C=O) groups excluding carboxylic acids is 1. The summed E-state index contributed by atoms with van der Waals surface area (Å²) in [5, 5.41) is 2.22. The molecule has 0 spiro atoms. The molecule has 5 nitrogen and oxygen atoms in total. The number of methoxy groups -OCH3 is 1. The van der Waals surface area contributed by atoms with Crippen LogP contribution in [0.2, 0.25) is 5.02 Å². The summed E-state index contributed by atoms with van der Waals surface area (Å²) < 4.78 is 14.1. The number of aromatic nitrogens is 1. The molecule has 0 radical (unpaired) electrons. The van der Waals surface area contributed by atoms with Gasteiger partial charge in [-0.1, -0.05) is 41.6 Å². The molecule has 35 heavy (non-hydrogen) atoms. The molecule has 0 saturated carbocycles. The van der Waals surface area contributed by atoms with E-state index in [0.29, 0.717) is 38.8 Å². The summed E-state index contributed by atoms with van der Waals surface area (Å²) in [7, 11) is 1.60. The molecular weight excluding hydrogens is 500 g/mol. The molecular formula is C27H25ClN2O3S2. The van der Waals surface area contributed by atoms with Gasteiger partial charge in [0.25, 0.3) is 5.91 Å². The van der Waals surface area contributed by atoms with Gasteiger partial charge in [0.2, 0.25) is 0 Å². The molecule has 1 aromatic heterocycles. The number of hydrogen-bond acceptors (Lipinski definition) is 5. The Hall–Kier alpha value is -3.00. The Balaban J connectivity index is 1.65. The third kappa shape index (κ3) is 5.32. The Labute approximate surface area is 219 Å². The number of aryl methyl sites for hydroxylation is 2. The van der Waals surface area contributed by atoms with E-state index in [-0.39, 0.29) is 5.91 Å². The lowest BCUT2D eigenvalue weighted by Crippen LogP contribution is -2.39. The van der Waals surface area contributed by atoms with Gasteiger partial charge in [0.05, 0.1) is 12.0 Å². The minimum Gasteiger partial charge on any atom is -0.493 e. The Morgan fingerprint density at radius 3 is 2.43 bits per heavy atom. The van der Waals surface area contributed by atoms with Crippen molar-refractivity contribution in [3.05, 3.63) is 99.2 Å². The third-order valence-corrected chi connectivity index (χ3v) is 7.07. The van der Waals surface area contributed by atoms with Gasteiger partial charge in [-0.3, -0.25) is 9.47 Å². The highest BCUT2D eigenvalue weighted by molar-refractivity contribution is 8.27. The molecule has 2 heterocycles. The first-order chi connectivity index (χ1) is 16.8. The van der Waals surface area contributed by atoms with Crippen molar-refractivity contribution in [3.63, 3.8) is 0 Å². The van der Waals surface area contributed by atoms with E-state index in [9.17, 15) is 4.79 Å². The Kier molecular flexibility index (Phi) is 7.69. The van der Waals surface area contributed by atoms with Gasteiger partial charge in [0.1, 0.15) is 6.61 Å². The topological polar surface area (TPSA) is 43.7 Å². The van der Waals surface area contributed by atoms with E-state index in [1.165, 1.54) is 11.8 Å². The average molecular weight is 525 g/mol. The summed E-state index contributed by atoms with van der Waals surface area (Å²) in [6, 6.07) is 15.3. The second-order valence-electron chi connectivity index (χ2n) is 8.04. The molecule has 0 atom stereocenters. The molecule has 8 heteroatoms. The van der Waals surface area contributed by atoms with Crippen LogP contribution in [-0.4, -0.2) is 22.0 Å². The van der Waals surface area contributed by atoms with Crippen LogP contribution in [0.5, 0.6) is 11.5 Å². The fourth-order valence-electron chi connectivity index (χ4n) is 3.88. The maximum atomic E-state index is 13.3. The zero-order valence-electron chi connectivity index (χ0n) is 19.7. The number of thioether (sulfide) groups is 1. The highest BCUT2D eigenvalue weighted by Crippen LogP contribution is 2.37. The fourth-order valence-corrected chi connectivity index (χ4v) is 5.25. The lowest BCUT2D eigenvalue weighted by molar-refractivity contribution is -0.114. The SMILES string of the molecule is C=CCc1cc(/C=C2\SC(=S)N(n3c(C)ccc3C)C2=O)cc(OC)c1OCc1ccc(Cl)cc1. The number of benzene rings is 2. The first-order valence-corrected chi connectivity index (χ1v) is 12.5. The number of allylic oxidation sites excluding steroid dienone is 1. The third-order valence-electron chi connectivity index (χ3n) is 5.54. The second-order valence-corrected chi connectivity index (χ2v) is 10.2. The highest BCUT2D eigenvalue weighted by Gasteiger charge is 2.34. The van der Waals surface area contributed by atoms with Gasteiger partial charge in [-0.05, 0) is 86.1 Å². The molecule has 180 valence electrons. The summed E-state index contributed by atoms with van der Waals surface area (Å²) in [6.45, 7) is 8.14. The molecule has 1 aliphatic heterocycles. The Morgan fingerprint density at radius 1 is 1.11 bits per heavy atom. The predicted molar refractivity (Wildman–Crippen MR) is 148 cm³/mol. The lowest BCUT2D eigenvalue weighted by atomic mass is 10.0. The van der Waals surface area contributed by atoms with Crippen molar-refractivity contribution in [3.8, 4) is 11.5 Å². The Bertz CT molecular complexity index is 1310. The average Bonchev–Trinajstić information content (AvgIpc) is 3.30. The zero-order chi connectivity index (χ0) is 25.1. The second kappa shape index (κ2) is 10.7. The number of amides is 1. The standard InChI is InChI=1S/C27H25ClN2O3S2/c1-5-6-21-13-20(14-23(32-4)25(21)33-16-19-9-11-22(28)12-10-19)15-24-26(31)30(27(34)35-24)29-17(2)7-8-18(29)3/h5,7-15H,1,6,16H2,2-4H3/b24-15-. The van der Waals surface area contributed by atoms with E-state index < -0.39 is 0 Å². The molecule has 1 saturated heterocycles. The highest BCUT2D eigenvalue weighted by atomic mass is 35.5. The molecule has 0 bridgehead atoms. The van der Waals surface area contributed by atoms with Crippen molar-refractivity contribution < 1.29 is 14.3 Å². The number of nitrogens with zero attached hydrogens (tertiary/aromatic N) is 2. The molecule has 4 rings (SSSR count). The lowest BCUT2D eigenvalue weighted by Gasteiger charge is -2.20. The monoisotopic (exact) mass is 524 g/mol. The van der Waals surface area contributed by atoms with Crippen molar-refractivity contribution >= 4 is 51.9 Å². The molecule has 1 aliphatic rings. The number of hydrogen-bond donors (Lipinski definition) is 0. The number of ether oxygens (including phenoxy) is 2. The van der Waals surface area contributed by atoms with Crippen molar-refractivity contribution in [1.82, 2.24) is 4.68 Å². The first kappa shape index (κ1) is 25.1. The van der Waals surface area contributed by atoms with Gasteiger partial charge in [-0.25, -0.2) is 0 Å². The Morgan fingerprint density at radius 2 is 1.80 bits per heavy atom. The molecule has 2 aromatic carbocycles.